The van der Waals surface area contributed by atoms with E-state index in [1.54, 1.807) is 0 Å². The first-order valence-electron chi connectivity index (χ1n) is 17.5. The number of nitrogens with zero attached hydrogens (tertiary/aromatic N) is 8. The van der Waals surface area contributed by atoms with Gasteiger partial charge in [0.2, 0.25) is 11.4 Å². The van der Waals surface area contributed by atoms with Crippen LogP contribution in [0.4, 0.5) is 45.5 Å². The number of azo groups is 4. The average Bonchev–Trinajstić information content (AvgIpc) is 3.24. The number of hydrogen-bond donors (Lipinski definition) is 4. The van der Waals surface area contributed by atoms with Gasteiger partial charge in [-0.05, 0) is 114 Å². The molecule has 6 rings (SSSR count). The number of hydrogen-bond acceptors (Lipinski definition) is 16. The van der Waals surface area contributed by atoms with Crippen molar-refractivity contribution < 1.29 is 61.6 Å². The van der Waals surface area contributed by atoms with Gasteiger partial charge in [-0.3, -0.25) is 18.2 Å². The SMILES string of the molecule is O=S(=O)(O)c1ccc(N=Nc2ccc(N=[N+]([O-])c3ccc(C=Cc4ccc(N=Nc5ccc([N+]([O-])=Nc6ccc(S(=O)(=O)O)cc6)cc5)cc4S(=O)(=O)O)c(S(=O)(=O)O)c3)cc2)cc1. The Morgan fingerprint density at radius 3 is 1.12 bits per heavy atom. The summed E-state index contributed by atoms with van der Waals surface area (Å²) in [5.41, 5.74) is 0.356. The second kappa shape index (κ2) is 18.6. The van der Waals surface area contributed by atoms with Gasteiger partial charge in [-0.1, -0.05) is 27.9 Å². The van der Waals surface area contributed by atoms with E-state index >= 15 is 0 Å². The van der Waals surface area contributed by atoms with Crippen molar-refractivity contribution in [1.29, 1.82) is 0 Å². The van der Waals surface area contributed by atoms with Gasteiger partial charge in [0.15, 0.2) is 0 Å². The van der Waals surface area contributed by atoms with Crippen LogP contribution in [0.15, 0.2) is 184 Å². The average molecular weight is 949 g/mol. The maximum atomic E-state index is 12.9. The smallest absolute Gasteiger partial charge is 0.295 e. The highest BCUT2D eigenvalue weighted by Gasteiger charge is 2.20. The quantitative estimate of drug-likeness (QED) is 0.0260. The van der Waals surface area contributed by atoms with E-state index in [4.69, 9.17) is 9.11 Å². The van der Waals surface area contributed by atoms with Crippen molar-refractivity contribution in [1.82, 2.24) is 0 Å². The van der Waals surface area contributed by atoms with Crippen molar-refractivity contribution in [3.63, 3.8) is 0 Å². The molecular weight excluding hydrogens is 921 g/mol. The van der Waals surface area contributed by atoms with E-state index in [-0.39, 0.29) is 70.5 Å². The Morgan fingerprint density at radius 1 is 0.375 bits per heavy atom. The van der Waals surface area contributed by atoms with Crippen LogP contribution in [0, 0.1) is 10.4 Å². The van der Waals surface area contributed by atoms with Crippen LogP contribution in [-0.2, 0) is 40.5 Å². The second-order valence-electron chi connectivity index (χ2n) is 12.8. The van der Waals surface area contributed by atoms with Crippen LogP contribution in [0.3, 0.4) is 0 Å². The molecule has 0 unspecified atom stereocenters. The van der Waals surface area contributed by atoms with Gasteiger partial charge in [0.05, 0.1) is 32.5 Å². The third-order valence-electron chi connectivity index (χ3n) is 8.38. The molecule has 0 aliphatic rings. The Kier molecular flexibility index (Phi) is 13.4. The van der Waals surface area contributed by atoms with Gasteiger partial charge in [0.1, 0.15) is 21.2 Å². The first kappa shape index (κ1) is 46.2. The lowest BCUT2D eigenvalue weighted by molar-refractivity contribution is -0.435. The Labute approximate surface area is 363 Å². The zero-order valence-electron chi connectivity index (χ0n) is 31.9. The van der Waals surface area contributed by atoms with Crippen molar-refractivity contribution in [2.24, 2.45) is 30.7 Å². The maximum absolute atomic E-state index is 12.9. The van der Waals surface area contributed by atoms with E-state index in [1.807, 2.05) is 0 Å². The minimum Gasteiger partial charge on any atom is -0.594 e. The molecule has 22 nitrogen and oxygen atoms in total. The zero-order valence-corrected chi connectivity index (χ0v) is 35.2. The number of rotatable bonds is 14. The Balaban J connectivity index is 1.16. The lowest BCUT2D eigenvalue weighted by Gasteiger charge is -2.07. The van der Waals surface area contributed by atoms with Gasteiger partial charge in [-0.2, -0.15) is 54.1 Å². The summed E-state index contributed by atoms with van der Waals surface area (Å²) in [6.45, 7) is 0. The van der Waals surface area contributed by atoms with Crippen molar-refractivity contribution in [3.05, 3.63) is 155 Å². The van der Waals surface area contributed by atoms with Gasteiger partial charge < -0.3 is 10.4 Å². The highest BCUT2D eigenvalue weighted by molar-refractivity contribution is 7.86. The molecule has 0 radical (unpaired) electrons. The van der Waals surface area contributed by atoms with Crippen molar-refractivity contribution in [2.45, 2.75) is 19.6 Å². The van der Waals surface area contributed by atoms with E-state index < -0.39 is 50.3 Å². The van der Waals surface area contributed by atoms with Crippen LogP contribution < -0.4 is 0 Å². The highest BCUT2D eigenvalue weighted by Crippen LogP contribution is 2.31. The van der Waals surface area contributed by atoms with Crippen LogP contribution in [0.5, 0.6) is 0 Å². The molecule has 0 saturated heterocycles. The molecule has 0 fully saturated rings. The molecule has 26 heteroatoms. The minimum absolute atomic E-state index is 0.0460. The molecule has 0 spiro atoms. The second-order valence-corrected chi connectivity index (χ2v) is 18.5. The fraction of sp³-hybridized carbons (Fsp3) is 0. The normalized spacial score (nSPS) is 13.3. The fourth-order valence-corrected chi connectivity index (χ4v) is 7.65. The molecule has 0 atom stereocenters. The summed E-state index contributed by atoms with van der Waals surface area (Å²) in [7, 11) is -18.7. The van der Waals surface area contributed by atoms with Gasteiger partial charge in [0, 0.05) is 34.5 Å². The summed E-state index contributed by atoms with van der Waals surface area (Å²) in [6, 6.07) is 27.3. The topological polar surface area (TPSA) is 344 Å². The molecule has 0 amide bonds. The Bertz CT molecular complexity index is 3360. The predicted octanol–water partition coefficient (Wildman–Crippen LogP) is 9.53. The molecule has 4 N–H and O–H groups in total. The summed E-state index contributed by atoms with van der Waals surface area (Å²) in [4.78, 5) is -1.76. The summed E-state index contributed by atoms with van der Waals surface area (Å²) in [5.74, 6) is 0. The van der Waals surface area contributed by atoms with Gasteiger partial charge in [-0.25, -0.2) is 0 Å². The molecule has 0 aromatic heterocycles. The fourth-order valence-electron chi connectivity index (χ4n) is 5.29. The predicted molar refractivity (Wildman–Crippen MR) is 226 cm³/mol. The molecule has 6 aromatic rings. The molecule has 0 aliphatic heterocycles. The minimum atomic E-state index is -4.99. The monoisotopic (exact) mass is 948 g/mol. The Hall–Kier alpha value is -7.30. The van der Waals surface area contributed by atoms with Crippen LogP contribution in [0.25, 0.3) is 12.2 Å². The first-order chi connectivity index (χ1) is 30.0. The molecular formula is C38H28N8O14S4. The lowest BCUT2D eigenvalue weighted by Crippen LogP contribution is -2.03. The van der Waals surface area contributed by atoms with Crippen molar-refractivity contribution >= 4 is 98.1 Å². The zero-order chi connectivity index (χ0) is 46.5. The van der Waals surface area contributed by atoms with Crippen molar-refractivity contribution in [2.75, 3.05) is 0 Å². The summed E-state index contributed by atoms with van der Waals surface area (Å²) in [6.07, 6.45) is 2.24. The van der Waals surface area contributed by atoms with Crippen LogP contribution in [0.2, 0.25) is 0 Å². The van der Waals surface area contributed by atoms with E-state index in [2.05, 4.69) is 30.7 Å². The van der Waals surface area contributed by atoms with Crippen LogP contribution in [-0.4, -0.2) is 61.6 Å². The van der Waals surface area contributed by atoms with Gasteiger partial charge >= 0.3 is 0 Å². The van der Waals surface area contributed by atoms with Crippen LogP contribution >= 0.6 is 0 Å². The van der Waals surface area contributed by atoms with Crippen molar-refractivity contribution in [3.8, 4) is 0 Å². The van der Waals surface area contributed by atoms with E-state index in [9.17, 15) is 53.2 Å². The van der Waals surface area contributed by atoms with E-state index in [0.29, 0.717) is 5.69 Å². The largest absolute Gasteiger partial charge is 0.594 e. The van der Waals surface area contributed by atoms with E-state index in [0.717, 1.165) is 54.6 Å². The summed E-state index contributed by atoms with van der Waals surface area (Å²) >= 11 is 0. The third-order valence-corrected chi connectivity index (χ3v) is 11.9. The van der Waals surface area contributed by atoms with Crippen LogP contribution in [0.1, 0.15) is 11.1 Å². The standard InChI is InChI=1S/C38H28N8O14S4/c47-45(43-31-14-21-36(22-15-31)62(52,53)54)33-17-10-28(11-18-33)41-42-32-5-3-25(37(23-32)63(55,56)57)1-2-26-4-16-34(24-38(26)64(58,59)60)46(48)44-30-8-6-27(7-9-30)39-40-29-12-19-35(20-13-29)61(49,50)51/h1-24H,(H,49,50,51)(H,52,53,54)(H,55,56,57)(H,58,59,60). The highest BCUT2D eigenvalue weighted by atomic mass is 32.2. The van der Waals surface area contributed by atoms with E-state index in [1.165, 1.54) is 91.0 Å². The molecule has 0 aliphatic carbocycles. The first-order valence-corrected chi connectivity index (χ1v) is 23.3. The van der Waals surface area contributed by atoms with Gasteiger partial charge in [-0.15, -0.1) is 0 Å². The third kappa shape index (κ3) is 12.2. The molecule has 6 aromatic carbocycles. The molecule has 328 valence electrons. The molecule has 0 bridgehead atoms. The molecule has 64 heavy (non-hydrogen) atoms. The maximum Gasteiger partial charge on any atom is 0.295 e. The summed E-state index contributed by atoms with van der Waals surface area (Å²) in [5, 5.41) is 49.0. The summed E-state index contributed by atoms with van der Waals surface area (Å²) < 4.78 is 133. The van der Waals surface area contributed by atoms with Gasteiger partial charge in [0.25, 0.3) is 40.5 Å². The molecule has 0 saturated carbocycles. The lowest BCUT2D eigenvalue weighted by atomic mass is 10.1. The number of benzene rings is 6. The Morgan fingerprint density at radius 2 is 0.688 bits per heavy atom. The molecule has 0 heterocycles.